The Hall–Kier alpha value is -3.27. The molecule has 184 valence electrons. The predicted molar refractivity (Wildman–Crippen MR) is 145 cm³/mol. The van der Waals surface area contributed by atoms with Crippen molar-refractivity contribution in [2.45, 2.75) is 13.8 Å². The molecule has 35 heavy (non-hydrogen) atoms. The molecule has 2 aromatic heterocycles. The number of hydrogen-bond donors (Lipinski definition) is 1. The fraction of sp³-hybridized carbons (Fsp3) is 0.280. The number of aryl methyl sites for hydroxylation is 1. The molecule has 1 aliphatic rings. The molecular weight excluding hydrogens is 482 g/mol. The molecule has 0 atom stereocenters. The lowest BCUT2D eigenvalue weighted by Gasteiger charge is -2.32. The molecule has 1 aliphatic heterocycles. The Morgan fingerprint density at radius 1 is 1.14 bits per heavy atom. The van der Waals surface area contributed by atoms with Gasteiger partial charge in [0.2, 0.25) is 11.9 Å². The average molecular weight is 512 g/mol. The number of nitrogens with one attached hydrogen (secondary N) is 1. The number of aromatic nitrogens is 4. The third-order valence-electron chi connectivity index (χ3n) is 4.78. The van der Waals surface area contributed by atoms with Gasteiger partial charge in [0.05, 0.1) is 0 Å². The van der Waals surface area contributed by atoms with E-state index in [0.717, 1.165) is 36.2 Å². The maximum absolute atomic E-state index is 5.86. The van der Waals surface area contributed by atoms with Crippen molar-refractivity contribution in [1.29, 1.82) is 0 Å². The molecule has 0 spiro atoms. The average Bonchev–Trinajstić information content (AvgIpc) is 3.25. The molecule has 10 heteroatoms. The number of allylic oxidation sites excluding steroid dienone is 5. The minimum atomic E-state index is 0.265. The van der Waals surface area contributed by atoms with E-state index in [1.165, 1.54) is 0 Å². The van der Waals surface area contributed by atoms with Crippen LogP contribution in [0.1, 0.15) is 11.8 Å². The highest BCUT2D eigenvalue weighted by Gasteiger charge is 2.19. The highest BCUT2D eigenvalue weighted by molar-refractivity contribution is 7.15. The number of halogens is 1. The van der Waals surface area contributed by atoms with E-state index in [-0.39, 0.29) is 6.01 Å². The fourth-order valence-electron chi connectivity index (χ4n) is 3.02. The van der Waals surface area contributed by atoms with Gasteiger partial charge in [-0.15, -0.1) is 11.3 Å². The number of likely N-dealkylation sites (N-methyl/N-ethyl adjacent to an activating group) is 1. The van der Waals surface area contributed by atoms with Gasteiger partial charge < -0.3 is 14.5 Å². The molecule has 0 aliphatic carbocycles. The van der Waals surface area contributed by atoms with Crippen LogP contribution in [0.2, 0.25) is 0 Å². The number of hydrogen-bond acceptors (Lipinski definition) is 9. The van der Waals surface area contributed by atoms with Crippen LogP contribution in [0, 0.1) is 6.92 Å². The maximum Gasteiger partial charge on any atom is 0.328 e. The van der Waals surface area contributed by atoms with E-state index >= 15 is 0 Å². The largest absolute Gasteiger partial charge is 0.424 e. The number of ether oxygens (including phenoxy) is 1. The molecule has 0 amide bonds. The first-order valence-corrected chi connectivity index (χ1v) is 12.4. The molecule has 0 saturated carbocycles. The molecule has 1 aromatic carbocycles. The minimum Gasteiger partial charge on any atom is -0.424 e. The highest BCUT2D eigenvalue weighted by atomic mass is 35.5. The summed E-state index contributed by atoms with van der Waals surface area (Å²) in [5.74, 6) is 1.73. The first-order chi connectivity index (χ1) is 17.0. The van der Waals surface area contributed by atoms with Crippen LogP contribution in [0.4, 0.5) is 17.0 Å². The molecule has 1 saturated heterocycles. The molecular formula is C25H30ClN7OS. The molecule has 1 fully saturated rings. The summed E-state index contributed by atoms with van der Waals surface area (Å²) >= 11 is 7.13. The number of thiazole rings is 1. The number of nitrogens with zero attached hydrogens (tertiary/aromatic N) is 6. The Balaban J connectivity index is 0.000000371. The summed E-state index contributed by atoms with van der Waals surface area (Å²) in [5, 5.41) is 4.62. The Morgan fingerprint density at radius 3 is 2.51 bits per heavy atom. The van der Waals surface area contributed by atoms with Crippen LogP contribution in [0.15, 0.2) is 72.4 Å². The zero-order valence-corrected chi connectivity index (χ0v) is 21.8. The summed E-state index contributed by atoms with van der Waals surface area (Å²) in [6.45, 7) is 11.1. The first kappa shape index (κ1) is 26.3. The predicted octanol–water partition coefficient (Wildman–Crippen LogP) is 5.80. The van der Waals surface area contributed by atoms with Crippen molar-refractivity contribution in [2.24, 2.45) is 0 Å². The van der Waals surface area contributed by atoms with Gasteiger partial charge in [0.25, 0.3) is 0 Å². The van der Waals surface area contributed by atoms with Crippen molar-refractivity contribution < 1.29 is 4.74 Å². The van der Waals surface area contributed by atoms with Gasteiger partial charge in [-0.2, -0.15) is 15.0 Å². The van der Waals surface area contributed by atoms with Crippen molar-refractivity contribution in [1.82, 2.24) is 24.8 Å². The highest BCUT2D eigenvalue weighted by Crippen LogP contribution is 2.25. The summed E-state index contributed by atoms with van der Waals surface area (Å²) in [7, 11) is 2.12. The van der Waals surface area contributed by atoms with Crippen LogP contribution in [0.25, 0.3) is 0 Å². The zero-order valence-electron chi connectivity index (χ0n) is 20.2. The van der Waals surface area contributed by atoms with Crippen molar-refractivity contribution >= 4 is 40.0 Å². The van der Waals surface area contributed by atoms with Crippen LogP contribution in [0.3, 0.4) is 0 Å². The summed E-state index contributed by atoms with van der Waals surface area (Å²) < 4.78 is 5.86. The minimum absolute atomic E-state index is 0.265. The molecule has 0 unspecified atom stereocenters. The van der Waals surface area contributed by atoms with Gasteiger partial charge in [-0.3, -0.25) is 5.32 Å². The van der Waals surface area contributed by atoms with Gasteiger partial charge in [-0.1, -0.05) is 48.5 Å². The monoisotopic (exact) mass is 511 g/mol. The van der Waals surface area contributed by atoms with Crippen LogP contribution >= 0.6 is 22.9 Å². The molecule has 3 aromatic rings. The first-order valence-electron chi connectivity index (χ1n) is 11.2. The van der Waals surface area contributed by atoms with E-state index in [1.807, 2.05) is 62.5 Å². The van der Waals surface area contributed by atoms with E-state index in [4.69, 9.17) is 16.3 Å². The van der Waals surface area contributed by atoms with Crippen molar-refractivity contribution in [3.05, 3.63) is 77.3 Å². The van der Waals surface area contributed by atoms with E-state index in [9.17, 15) is 0 Å². The lowest BCUT2D eigenvalue weighted by molar-refractivity contribution is 0.310. The molecule has 1 N–H and O–H groups in total. The Kier molecular flexibility index (Phi) is 10.2. The summed E-state index contributed by atoms with van der Waals surface area (Å²) in [6, 6.07) is 9.77. The molecule has 0 radical (unpaired) electrons. The van der Waals surface area contributed by atoms with Gasteiger partial charge >= 0.3 is 6.01 Å². The zero-order chi connectivity index (χ0) is 25.0. The second kappa shape index (κ2) is 13.6. The fourth-order valence-corrected chi connectivity index (χ4v) is 3.90. The van der Waals surface area contributed by atoms with Crippen LogP contribution < -0.4 is 15.0 Å². The second-order valence-corrected chi connectivity index (χ2v) is 9.31. The van der Waals surface area contributed by atoms with E-state index < -0.39 is 0 Å². The number of benzene rings is 1. The number of rotatable bonds is 7. The quantitative estimate of drug-likeness (QED) is 0.399. The third kappa shape index (κ3) is 8.79. The number of piperazine rings is 1. The lowest BCUT2D eigenvalue weighted by atomic mass is 10.3. The van der Waals surface area contributed by atoms with Crippen molar-refractivity contribution in [3.63, 3.8) is 0 Å². The maximum atomic E-state index is 5.86. The third-order valence-corrected chi connectivity index (χ3v) is 5.86. The van der Waals surface area contributed by atoms with E-state index in [0.29, 0.717) is 22.7 Å². The lowest BCUT2D eigenvalue weighted by Crippen LogP contribution is -2.45. The molecule has 8 nitrogen and oxygen atoms in total. The number of para-hydroxylation sites is 1. The number of anilines is 3. The topological polar surface area (TPSA) is 79.3 Å². The summed E-state index contributed by atoms with van der Waals surface area (Å²) in [4.78, 5) is 23.4. The smallest absolute Gasteiger partial charge is 0.328 e. The van der Waals surface area contributed by atoms with Gasteiger partial charge in [-0.25, -0.2) is 4.98 Å². The van der Waals surface area contributed by atoms with Crippen LogP contribution in [0.5, 0.6) is 11.8 Å². The van der Waals surface area contributed by atoms with E-state index in [1.54, 1.807) is 23.5 Å². The van der Waals surface area contributed by atoms with Gasteiger partial charge in [0, 0.05) is 42.3 Å². The SMILES string of the molecule is C=C/C=C(Cl)\C=C/C.Cc1cnc(Nc2nc(Oc3ccccc3)nc(N3CCN(C)CC3)n2)s1. The van der Waals surface area contributed by atoms with Crippen molar-refractivity contribution in [2.75, 3.05) is 43.4 Å². The summed E-state index contributed by atoms with van der Waals surface area (Å²) in [6.07, 6.45) is 8.90. The molecule has 4 rings (SSSR count). The second-order valence-electron chi connectivity index (χ2n) is 7.64. The summed E-state index contributed by atoms with van der Waals surface area (Å²) in [5.41, 5.74) is 0. The Labute approximate surface area is 215 Å². The van der Waals surface area contributed by atoms with Crippen LogP contribution in [-0.2, 0) is 0 Å². The van der Waals surface area contributed by atoms with Gasteiger partial charge in [0.15, 0.2) is 5.13 Å². The van der Waals surface area contributed by atoms with E-state index in [2.05, 4.69) is 48.7 Å². The van der Waals surface area contributed by atoms with Crippen LogP contribution in [-0.4, -0.2) is 58.1 Å². The Morgan fingerprint density at radius 2 is 1.89 bits per heavy atom. The molecule has 0 bridgehead atoms. The molecule has 3 heterocycles. The van der Waals surface area contributed by atoms with Gasteiger partial charge in [0.1, 0.15) is 5.75 Å². The standard InChI is InChI=1S/C18H21N7OS.C7H9Cl/c1-13-12-19-18(27-13)22-15-20-16(25-10-8-24(2)9-11-25)23-17(21-15)26-14-6-4-3-5-7-14;1-3-5-7(8)6-4-2/h3-7,12H,8-11H2,1-2H3,(H,19,20,21,22,23);3-6H,1H2,2H3/b;6-4-,7-5+. The normalized spacial score (nSPS) is 14.4. The van der Waals surface area contributed by atoms with Crippen molar-refractivity contribution in [3.8, 4) is 11.8 Å². The Bertz CT molecular complexity index is 1140. The van der Waals surface area contributed by atoms with Gasteiger partial charge in [-0.05, 0) is 45.2 Å².